The number of halogens is 1. The maximum absolute atomic E-state index is 12.9. The minimum atomic E-state index is -0.231. The molecule has 1 heterocycles. The minimum Gasteiger partial charge on any atom is -0.327 e. The highest BCUT2D eigenvalue weighted by Gasteiger charge is 2.36. The van der Waals surface area contributed by atoms with Crippen LogP contribution in [0, 0.1) is 5.82 Å². The summed E-state index contributed by atoms with van der Waals surface area (Å²) < 4.78 is 12.9. The maximum Gasteiger partial charge on any atom is 0.145 e. The second-order valence-corrected chi connectivity index (χ2v) is 2.90. The Labute approximate surface area is 64.2 Å². The summed E-state index contributed by atoms with van der Waals surface area (Å²) in [4.78, 5) is 3.66. The predicted octanol–water partition coefficient (Wildman–Crippen LogP) is 1.04. The summed E-state index contributed by atoms with van der Waals surface area (Å²) >= 11 is 0. The van der Waals surface area contributed by atoms with E-state index in [0.717, 1.165) is 6.42 Å². The molecule has 2 atom stereocenters. The number of rotatable bonds is 1. The van der Waals surface area contributed by atoms with E-state index in [1.54, 1.807) is 12.3 Å². The van der Waals surface area contributed by atoms with Crippen molar-refractivity contribution in [3.8, 4) is 0 Å². The number of hydrogen-bond acceptors (Lipinski definition) is 2. The van der Waals surface area contributed by atoms with Crippen molar-refractivity contribution in [3.05, 3.63) is 29.8 Å². The van der Waals surface area contributed by atoms with Crippen LogP contribution in [-0.4, -0.2) is 11.0 Å². The largest absolute Gasteiger partial charge is 0.327 e. The fourth-order valence-corrected chi connectivity index (χ4v) is 1.26. The van der Waals surface area contributed by atoms with E-state index in [1.807, 2.05) is 0 Å². The second-order valence-electron chi connectivity index (χ2n) is 2.90. The summed E-state index contributed by atoms with van der Waals surface area (Å²) in [5.41, 5.74) is 6.30. The lowest BCUT2D eigenvalue weighted by Crippen LogP contribution is -2.02. The molecular weight excluding hydrogens is 143 g/mol. The van der Waals surface area contributed by atoms with Gasteiger partial charge in [-0.15, -0.1) is 0 Å². The SMILES string of the molecule is NC1CC1c1ccncc1F. The molecule has 1 aromatic heterocycles. The maximum atomic E-state index is 12.9. The minimum absolute atomic E-state index is 0.159. The van der Waals surface area contributed by atoms with Crippen LogP contribution in [0.15, 0.2) is 18.5 Å². The zero-order valence-electron chi connectivity index (χ0n) is 6.00. The van der Waals surface area contributed by atoms with Gasteiger partial charge in [0, 0.05) is 18.2 Å². The van der Waals surface area contributed by atoms with Crippen molar-refractivity contribution in [2.45, 2.75) is 18.4 Å². The molecule has 58 valence electrons. The average Bonchev–Trinajstić information content (AvgIpc) is 2.68. The summed E-state index contributed by atoms with van der Waals surface area (Å²) in [5, 5.41) is 0. The molecule has 1 fully saturated rings. The Morgan fingerprint density at radius 2 is 2.36 bits per heavy atom. The van der Waals surface area contributed by atoms with Gasteiger partial charge in [-0.25, -0.2) is 4.39 Å². The Morgan fingerprint density at radius 1 is 1.64 bits per heavy atom. The normalized spacial score (nSPS) is 28.5. The van der Waals surface area contributed by atoms with Gasteiger partial charge in [0.05, 0.1) is 6.20 Å². The van der Waals surface area contributed by atoms with Crippen molar-refractivity contribution in [2.24, 2.45) is 5.73 Å². The van der Waals surface area contributed by atoms with Gasteiger partial charge in [-0.2, -0.15) is 0 Å². The summed E-state index contributed by atoms with van der Waals surface area (Å²) in [6.07, 6.45) is 3.74. The fourth-order valence-electron chi connectivity index (χ4n) is 1.26. The predicted molar refractivity (Wildman–Crippen MR) is 39.5 cm³/mol. The van der Waals surface area contributed by atoms with Crippen molar-refractivity contribution < 1.29 is 4.39 Å². The van der Waals surface area contributed by atoms with Gasteiger partial charge in [-0.05, 0) is 18.1 Å². The third-order valence-electron chi connectivity index (χ3n) is 2.04. The van der Waals surface area contributed by atoms with Gasteiger partial charge in [0.25, 0.3) is 0 Å². The molecule has 0 aromatic carbocycles. The highest BCUT2D eigenvalue weighted by atomic mass is 19.1. The molecule has 0 amide bonds. The van der Waals surface area contributed by atoms with Crippen LogP contribution in [0.3, 0.4) is 0 Å². The first-order valence-corrected chi connectivity index (χ1v) is 3.64. The van der Waals surface area contributed by atoms with E-state index >= 15 is 0 Å². The summed E-state index contributed by atoms with van der Waals surface area (Å²) in [6, 6.07) is 1.86. The average molecular weight is 152 g/mol. The van der Waals surface area contributed by atoms with E-state index in [0.29, 0.717) is 5.56 Å². The molecule has 0 aliphatic heterocycles. The molecule has 3 heteroatoms. The van der Waals surface area contributed by atoms with E-state index in [-0.39, 0.29) is 17.8 Å². The van der Waals surface area contributed by atoms with Crippen LogP contribution >= 0.6 is 0 Å². The van der Waals surface area contributed by atoms with E-state index < -0.39 is 0 Å². The molecule has 11 heavy (non-hydrogen) atoms. The Kier molecular flexibility index (Phi) is 1.39. The molecule has 0 spiro atoms. The highest BCUT2D eigenvalue weighted by molar-refractivity contribution is 5.26. The van der Waals surface area contributed by atoms with Gasteiger partial charge in [-0.3, -0.25) is 4.98 Å². The Bertz CT molecular complexity index is 275. The van der Waals surface area contributed by atoms with Gasteiger partial charge >= 0.3 is 0 Å². The number of aromatic nitrogens is 1. The zero-order chi connectivity index (χ0) is 7.84. The summed E-state index contributed by atoms with van der Waals surface area (Å²) in [5.74, 6) is 0.00319. The molecule has 1 aromatic rings. The van der Waals surface area contributed by atoms with Gasteiger partial charge in [0.1, 0.15) is 5.82 Å². The quantitative estimate of drug-likeness (QED) is 0.652. The number of nitrogens with two attached hydrogens (primary N) is 1. The van der Waals surface area contributed by atoms with Crippen LogP contribution in [0.4, 0.5) is 4.39 Å². The lowest BCUT2D eigenvalue weighted by molar-refractivity contribution is 0.603. The van der Waals surface area contributed by atoms with Crippen LogP contribution in [0.5, 0.6) is 0 Å². The molecule has 2 nitrogen and oxygen atoms in total. The van der Waals surface area contributed by atoms with Crippen LogP contribution in [-0.2, 0) is 0 Å². The van der Waals surface area contributed by atoms with E-state index in [2.05, 4.69) is 4.98 Å². The summed E-state index contributed by atoms with van der Waals surface area (Å²) in [6.45, 7) is 0. The van der Waals surface area contributed by atoms with Crippen molar-refractivity contribution in [1.82, 2.24) is 4.98 Å². The molecule has 1 aliphatic rings. The molecule has 2 unspecified atom stereocenters. The number of hydrogen-bond donors (Lipinski definition) is 1. The van der Waals surface area contributed by atoms with Gasteiger partial charge in [-0.1, -0.05) is 0 Å². The van der Waals surface area contributed by atoms with Crippen LogP contribution in [0.2, 0.25) is 0 Å². The molecule has 1 aliphatic carbocycles. The summed E-state index contributed by atoms with van der Waals surface area (Å²) in [7, 11) is 0. The molecule has 1 saturated carbocycles. The van der Waals surface area contributed by atoms with Crippen LogP contribution in [0.1, 0.15) is 17.9 Å². The highest BCUT2D eigenvalue weighted by Crippen LogP contribution is 2.39. The van der Waals surface area contributed by atoms with Crippen molar-refractivity contribution in [3.63, 3.8) is 0 Å². The van der Waals surface area contributed by atoms with E-state index in [9.17, 15) is 4.39 Å². The standard InChI is InChI=1S/C8H9FN2/c9-7-4-11-2-1-5(7)6-3-8(6)10/h1-2,4,6,8H,3,10H2. The third kappa shape index (κ3) is 1.12. The van der Waals surface area contributed by atoms with E-state index in [1.165, 1.54) is 6.20 Å². The fraction of sp³-hybridized carbons (Fsp3) is 0.375. The first-order chi connectivity index (χ1) is 5.29. The first-order valence-electron chi connectivity index (χ1n) is 3.64. The molecule has 0 saturated heterocycles. The lowest BCUT2D eigenvalue weighted by atomic mass is 10.1. The second kappa shape index (κ2) is 2.27. The molecule has 0 radical (unpaired) electrons. The van der Waals surface area contributed by atoms with Gasteiger partial charge < -0.3 is 5.73 Å². The van der Waals surface area contributed by atoms with E-state index in [4.69, 9.17) is 5.73 Å². The van der Waals surface area contributed by atoms with Crippen LogP contribution < -0.4 is 5.73 Å². The first kappa shape index (κ1) is 6.73. The van der Waals surface area contributed by atoms with Crippen molar-refractivity contribution >= 4 is 0 Å². The smallest absolute Gasteiger partial charge is 0.145 e. The molecular formula is C8H9FN2. The molecule has 2 N–H and O–H groups in total. The topological polar surface area (TPSA) is 38.9 Å². The number of pyridine rings is 1. The Hall–Kier alpha value is -0.960. The lowest BCUT2D eigenvalue weighted by Gasteiger charge is -1.97. The molecule has 2 rings (SSSR count). The monoisotopic (exact) mass is 152 g/mol. The molecule has 0 bridgehead atoms. The van der Waals surface area contributed by atoms with Gasteiger partial charge in [0.2, 0.25) is 0 Å². The Balaban J connectivity index is 2.31. The van der Waals surface area contributed by atoms with Crippen LogP contribution in [0.25, 0.3) is 0 Å². The van der Waals surface area contributed by atoms with Crippen molar-refractivity contribution in [2.75, 3.05) is 0 Å². The zero-order valence-corrected chi connectivity index (χ0v) is 6.00. The van der Waals surface area contributed by atoms with Gasteiger partial charge in [0.15, 0.2) is 0 Å². The third-order valence-corrected chi connectivity index (χ3v) is 2.04. The Morgan fingerprint density at radius 3 is 2.91 bits per heavy atom. The number of nitrogens with zero attached hydrogens (tertiary/aromatic N) is 1. The van der Waals surface area contributed by atoms with Crippen molar-refractivity contribution in [1.29, 1.82) is 0 Å².